The third kappa shape index (κ3) is 2.85. The van der Waals surface area contributed by atoms with Crippen molar-refractivity contribution in [1.82, 2.24) is 0 Å². The summed E-state index contributed by atoms with van der Waals surface area (Å²) in [5.74, 6) is 0.0524. The van der Waals surface area contributed by atoms with Gasteiger partial charge in [-0.3, -0.25) is 0 Å². The minimum atomic E-state index is -1.01. The first-order valence-corrected chi connectivity index (χ1v) is 6.97. The summed E-state index contributed by atoms with van der Waals surface area (Å²) in [5.41, 5.74) is 3.25. The van der Waals surface area contributed by atoms with Crippen molar-refractivity contribution in [2.75, 3.05) is 0 Å². The third-order valence-corrected chi connectivity index (χ3v) is 3.75. The van der Waals surface area contributed by atoms with E-state index in [1.807, 2.05) is 32.9 Å². The maximum absolute atomic E-state index is 11.3. The highest BCUT2D eigenvalue weighted by Gasteiger charge is 2.15. The Morgan fingerprint density at radius 1 is 1.10 bits per heavy atom. The van der Waals surface area contributed by atoms with E-state index >= 15 is 0 Å². The number of aromatic carboxylic acids is 1. The summed E-state index contributed by atoms with van der Waals surface area (Å²) < 4.78 is 6.57. The van der Waals surface area contributed by atoms with E-state index in [4.69, 9.17) is 4.74 Å². The number of ether oxygens (including phenoxy) is 1. The number of aryl methyl sites for hydroxylation is 2. The van der Waals surface area contributed by atoms with Crippen LogP contribution in [0.2, 0.25) is 0 Å². The predicted octanol–water partition coefficient (Wildman–Crippen LogP) is 4.86. The Morgan fingerprint density at radius 2 is 1.75 bits per heavy atom. The Labute approximate surface area is 126 Å². The van der Waals surface area contributed by atoms with Crippen molar-refractivity contribution in [1.29, 1.82) is 0 Å². The molecule has 0 aliphatic carbocycles. The van der Waals surface area contributed by atoms with Crippen LogP contribution < -0.4 is 4.74 Å². The predicted molar refractivity (Wildman–Crippen MR) is 81.8 cm³/mol. The Balaban J connectivity index is 2.51. The average Bonchev–Trinajstić information content (AvgIpc) is 2.40. The van der Waals surface area contributed by atoms with E-state index in [1.165, 1.54) is 6.07 Å². The lowest BCUT2D eigenvalue weighted by atomic mass is 10.1. The van der Waals surface area contributed by atoms with Crippen LogP contribution in [-0.2, 0) is 0 Å². The Hall–Kier alpha value is -1.81. The number of hydrogen-bond donors (Lipinski definition) is 1. The van der Waals surface area contributed by atoms with Crippen molar-refractivity contribution in [3.8, 4) is 11.5 Å². The average molecular weight is 335 g/mol. The van der Waals surface area contributed by atoms with Gasteiger partial charge in [-0.2, -0.15) is 0 Å². The molecular weight excluding hydrogens is 320 g/mol. The van der Waals surface area contributed by atoms with Crippen LogP contribution in [0.25, 0.3) is 0 Å². The maximum Gasteiger partial charge on any atom is 0.339 e. The minimum absolute atomic E-state index is 0.139. The van der Waals surface area contributed by atoms with Gasteiger partial charge in [-0.15, -0.1) is 0 Å². The molecule has 2 rings (SSSR count). The number of hydrogen-bond acceptors (Lipinski definition) is 2. The van der Waals surface area contributed by atoms with E-state index in [9.17, 15) is 9.90 Å². The van der Waals surface area contributed by atoms with E-state index in [0.29, 0.717) is 10.2 Å². The molecule has 0 aromatic heterocycles. The summed E-state index contributed by atoms with van der Waals surface area (Å²) >= 11 is 3.27. The van der Waals surface area contributed by atoms with Gasteiger partial charge in [0.05, 0.1) is 0 Å². The lowest BCUT2D eigenvalue weighted by molar-refractivity contribution is 0.0694. The van der Waals surface area contributed by atoms with Gasteiger partial charge in [0, 0.05) is 4.47 Å². The smallest absolute Gasteiger partial charge is 0.339 e. The van der Waals surface area contributed by atoms with Gasteiger partial charge in [-0.1, -0.05) is 28.1 Å². The van der Waals surface area contributed by atoms with Gasteiger partial charge >= 0.3 is 5.97 Å². The zero-order chi connectivity index (χ0) is 14.9. The summed E-state index contributed by atoms with van der Waals surface area (Å²) in [6, 6.07) is 8.96. The lowest BCUT2D eigenvalue weighted by Gasteiger charge is -2.15. The molecule has 0 saturated heterocycles. The Kier molecular flexibility index (Phi) is 4.14. The molecular formula is C16H15BrO3. The fourth-order valence-corrected chi connectivity index (χ4v) is 2.31. The highest BCUT2D eigenvalue weighted by molar-refractivity contribution is 9.10. The zero-order valence-electron chi connectivity index (χ0n) is 11.5. The first-order chi connectivity index (χ1) is 9.40. The van der Waals surface area contributed by atoms with Crippen LogP contribution in [0.4, 0.5) is 0 Å². The van der Waals surface area contributed by atoms with Crippen LogP contribution in [-0.4, -0.2) is 11.1 Å². The summed E-state index contributed by atoms with van der Waals surface area (Å²) in [7, 11) is 0. The summed E-state index contributed by atoms with van der Waals surface area (Å²) in [6.45, 7) is 5.92. The molecule has 4 heteroatoms. The van der Waals surface area contributed by atoms with Gasteiger partial charge in [0.25, 0.3) is 0 Å². The molecule has 20 heavy (non-hydrogen) atoms. The fourth-order valence-electron chi connectivity index (χ4n) is 1.95. The third-order valence-electron chi connectivity index (χ3n) is 3.26. The Bertz CT molecular complexity index is 678. The van der Waals surface area contributed by atoms with Gasteiger partial charge in [-0.25, -0.2) is 4.79 Å². The maximum atomic E-state index is 11.3. The lowest BCUT2D eigenvalue weighted by Crippen LogP contribution is -2.01. The molecule has 0 fully saturated rings. The van der Waals surface area contributed by atoms with Crippen LogP contribution in [0.15, 0.2) is 34.8 Å². The number of carboxylic acids is 1. The topological polar surface area (TPSA) is 46.5 Å². The number of carboxylic acid groups (broad SMARTS) is 1. The molecule has 0 radical (unpaired) electrons. The summed E-state index contributed by atoms with van der Waals surface area (Å²) in [5, 5.41) is 9.26. The molecule has 0 spiro atoms. The van der Waals surface area contributed by atoms with Gasteiger partial charge in [0.15, 0.2) is 0 Å². The van der Waals surface area contributed by atoms with E-state index in [1.54, 1.807) is 12.1 Å². The van der Waals surface area contributed by atoms with E-state index < -0.39 is 5.97 Å². The first kappa shape index (κ1) is 14.6. The van der Waals surface area contributed by atoms with Crippen LogP contribution in [0, 0.1) is 20.8 Å². The van der Waals surface area contributed by atoms with Crippen LogP contribution in [0.1, 0.15) is 27.0 Å². The quantitative estimate of drug-likeness (QED) is 0.871. The van der Waals surface area contributed by atoms with Crippen molar-refractivity contribution in [2.45, 2.75) is 20.8 Å². The van der Waals surface area contributed by atoms with Gasteiger partial charge in [0.1, 0.15) is 17.1 Å². The van der Waals surface area contributed by atoms with Crippen molar-refractivity contribution in [3.05, 3.63) is 57.1 Å². The molecule has 0 aliphatic heterocycles. The fraction of sp³-hybridized carbons (Fsp3) is 0.188. The van der Waals surface area contributed by atoms with E-state index in [-0.39, 0.29) is 5.56 Å². The highest BCUT2D eigenvalue weighted by Crippen LogP contribution is 2.33. The highest BCUT2D eigenvalue weighted by atomic mass is 79.9. The van der Waals surface area contributed by atoms with Crippen molar-refractivity contribution in [2.24, 2.45) is 0 Å². The van der Waals surface area contributed by atoms with Crippen molar-refractivity contribution < 1.29 is 14.6 Å². The molecule has 2 aromatic carbocycles. The standard InChI is InChI=1S/C16H15BrO3/c1-9-4-5-10(2)15(11(9)3)20-14-7-6-12(17)8-13(14)16(18)19/h4-8H,1-3H3,(H,18,19). The largest absolute Gasteiger partial charge is 0.478 e. The molecule has 0 unspecified atom stereocenters. The number of carbonyl (C=O) groups is 1. The van der Waals surface area contributed by atoms with E-state index in [2.05, 4.69) is 15.9 Å². The number of halogens is 1. The molecule has 0 bridgehead atoms. The van der Waals surface area contributed by atoms with Gasteiger partial charge in [0.2, 0.25) is 0 Å². The number of rotatable bonds is 3. The van der Waals surface area contributed by atoms with Crippen LogP contribution in [0.3, 0.4) is 0 Å². The van der Waals surface area contributed by atoms with Crippen LogP contribution in [0.5, 0.6) is 11.5 Å². The minimum Gasteiger partial charge on any atom is -0.478 e. The van der Waals surface area contributed by atoms with Crippen molar-refractivity contribution in [3.63, 3.8) is 0 Å². The normalized spacial score (nSPS) is 10.4. The van der Waals surface area contributed by atoms with Crippen molar-refractivity contribution >= 4 is 21.9 Å². The molecule has 1 N–H and O–H groups in total. The van der Waals surface area contributed by atoms with Crippen LogP contribution >= 0.6 is 15.9 Å². The molecule has 0 aliphatic rings. The molecule has 0 amide bonds. The monoisotopic (exact) mass is 334 g/mol. The molecule has 2 aromatic rings. The molecule has 0 atom stereocenters. The second kappa shape index (κ2) is 5.67. The summed E-state index contributed by atoms with van der Waals surface area (Å²) in [6.07, 6.45) is 0. The molecule has 3 nitrogen and oxygen atoms in total. The van der Waals surface area contributed by atoms with Gasteiger partial charge in [-0.05, 0) is 55.7 Å². The SMILES string of the molecule is Cc1ccc(C)c(Oc2ccc(Br)cc2C(=O)O)c1C. The van der Waals surface area contributed by atoms with E-state index in [0.717, 1.165) is 22.4 Å². The summed E-state index contributed by atoms with van der Waals surface area (Å²) in [4.78, 5) is 11.3. The second-order valence-electron chi connectivity index (χ2n) is 4.70. The molecule has 0 saturated carbocycles. The molecule has 104 valence electrons. The Morgan fingerprint density at radius 3 is 2.40 bits per heavy atom. The molecule has 0 heterocycles. The zero-order valence-corrected chi connectivity index (χ0v) is 13.1. The second-order valence-corrected chi connectivity index (χ2v) is 5.62. The first-order valence-electron chi connectivity index (χ1n) is 6.17. The number of benzene rings is 2. The van der Waals surface area contributed by atoms with Gasteiger partial charge < -0.3 is 9.84 Å².